The van der Waals surface area contributed by atoms with Crippen LogP contribution in [0, 0.1) is 0 Å². The van der Waals surface area contributed by atoms with E-state index in [1.54, 1.807) is 20.8 Å². The highest BCUT2D eigenvalue weighted by Crippen LogP contribution is 2.06. The second-order valence-electron chi connectivity index (χ2n) is 3.99. The zero-order valence-corrected chi connectivity index (χ0v) is 8.33. The minimum absolute atomic E-state index is 0.000463. The number of carbonyl (C=O) groups excluding carboxylic acids is 1. The van der Waals surface area contributed by atoms with Crippen LogP contribution in [0.5, 0.6) is 0 Å². The minimum Gasteiger partial charge on any atom is -0.304 e. The molecule has 0 bridgehead atoms. The Labute approximate surface area is 80.4 Å². The average molecular weight is 196 g/mol. The molecule has 0 aliphatic carbocycles. The van der Waals surface area contributed by atoms with Crippen LogP contribution in [0.15, 0.2) is 15.7 Å². The zero-order valence-electron chi connectivity index (χ0n) is 8.33. The van der Waals surface area contributed by atoms with E-state index in [4.69, 9.17) is 0 Å². The van der Waals surface area contributed by atoms with E-state index in [-0.39, 0.29) is 5.69 Å². The number of carbonyl (C=O) groups is 1. The van der Waals surface area contributed by atoms with E-state index in [0.29, 0.717) is 6.29 Å². The molecule has 5 heteroatoms. The third kappa shape index (κ3) is 1.81. The Balaban J connectivity index is 3.57. The molecule has 1 aromatic rings. The first-order chi connectivity index (χ1) is 6.36. The molecular formula is C9H12N2O3. The predicted octanol–water partition coefficient (Wildman–Crippen LogP) is 0.104. The molecular weight excluding hydrogens is 184 g/mol. The van der Waals surface area contributed by atoms with Gasteiger partial charge in [0.15, 0.2) is 6.29 Å². The molecule has 1 rings (SSSR count). The topological polar surface area (TPSA) is 71.9 Å². The van der Waals surface area contributed by atoms with E-state index >= 15 is 0 Å². The third-order valence-electron chi connectivity index (χ3n) is 1.75. The van der Waals surface area contributed by atoms with Crippen molar-refractivity contribution in [3.05, 3.63) is 32.6 Å². The van der Waals surface area contributed by atoms with Gasteiger partial charge < -0.3 is 4.98 Å². The maximum atomic E-state index is 11.5. The lowest BCUT2D eigenvalue weighted by Gasteiger charge is -2.20. The molecule has 0 amide bonds. The largest absolute Gasteiger partial charge is 0.329 e. The monoisotopic (exact) mass is 196 g/mol. The Morgan fingerprint density at radius 3 is 2.29 bits per heavy atom. The zero-order chi connectivity index (χ0) is 10.9. The van der Waals surface area contributed by atoms with E-state index < -0.39 is 16.8 Å². The summed E-state index contributed by atoms with van der Waals surface area (Å²) in [4.78, 5) is 35.5. The van der Waals surface area contributed by atoms with Crippen molar-refractivity contribution in [2.75, 3.05) is 0 Å². The SMILES string of the molecule is CC(C)(C)n1c(=O)cc(C=O)[nH]c1=O. The summed E-state index contributed by atoms with van der Waals surface area (Å²) >= 11 is 0. The normalized spacial score (nSPS) is 11.4. The predicted molar refractivity (Wildman–Crippen MR) is 51.7 cm³/mol. The van der Waals surface area contributed by atoms with Gasteiger partial charge in [-0.15, -0.1) is 0 Å². The van der Waals surface area contributed by atoms with Crippen LogP contribution in [0.1, 0.15) is 31.3 Å². The highest BCUT2D eigenvalue weighted by atomic mass is 16.2. The lowest BCUT2D eigenvalue weighted by molar-refractivity contribution is 0.111. The number of nitrogens with zero attached hydrogens (tertiary/aromatic N) is 1. The fourth-order valence-corrected chi connectivity index (χ4v) is 1.21. The Kier molecular flexibility index (Phi) is 2.42. The molecule has 0 spiro atoms. The van der Waals surface area contributed by atoms with Crippen molar-refractivity contribution in [1.82, 2.24) is 9.55 Å². The van der Waals surface area contributed by atoms with Gasteiger partial charge in [0, 0.05) is 11.6 Å². The first-order valence-electron chi connectivity index (χ1n) is 4.18. The first-order valence-corrected chi connectivity index (χ1v) is 4.18. The number of hydrogen-bond donors (Lipinski definition) is 1. The van der Waals surface area contributed by atoms with Crippen molar-refractivity contribution >= 4 is 6.29 Å². The summed E-state index contributed by atoms with van der Waals surface area (Å²) in [6.07, 6.45) is 0.440. The maximum absolute atomic E-state index is 11.5. The van der Waals surface area contributed by atoms with Gasteiger partial charge in [-0.3, -0.25) is 14.2 Å². The molecule has 0 saturated carbocycles. The van der Waals surface area contributed by atoms with Gasteiger partial charge in [0.1, 0.15) is 0 Å². The van der Waals surface area contributed by atoms with Gasteiger partial charge in [-0.05, 0) is 20.8 Å². The van der Waals surface area contributed by atoms with E-state index in [9.17, 15) is 14.4 Å². The van der Waals surface area contributed by atoms with Crippen LogP contribution in [-0.2, 0) is 5.54 Å². The smallest absolute Gasteiger partial charge is 0.304 e. The van der Waals surface area contributed by atoms with Crippen LogP contribution in [0.2, 0.25) is 0 Å². The molecule has 1 aromatic heterocycles. The molecule has 0 aliphatic heterocycles. The van der Waals surface area contributed by atoms with Crippen LogP contribution in [-0.4, -0.2) is 15.8 Å². The van der Waals surface area contributed by atoms with Gasteiger partial charge in [-0.25, -0.2) is 4.79 Å². The van der Waals surface area contributed by atoms with E-state index in [0.717, 1.165) is 10.6 Å². The molecule has 0 fully saturated rings. The van der Waals surface area contributed by atoms with E-state index in [1.807, 2.05) is 0 Å². The van der Waals surface area contributed by atoms with Crippen molar-refractivity contribution in [2.24, 2.45) is 0 Å². The molecule has 0 radical (unpaired) electrons. The number of aromatic amines is 1. The highest BCUT2D eigenvalue weighted by Gasteiger charge is 2.17. The van der Waals surface area contributed by atoms with Crippen molar-refractivity contribution < 1.29 is 4.79 Å². The maximum Gasteiger partial charge on any atom is 0.329 e. The Hall–Kier alpha value is -1.65. The van der Waals surface area contributed by atoms with Crippen LogP contribution >= 0.6 is 0 Å². The van der Waals surface area contributed by atoms with Crippen LogP contribution in [0.25, 0.3) is 0 Å². The number of aromatic nitrogens is 2. The molecule has 1 N–H and O–H groups in total. The number of hydrogen-bond acceptors (Lipinski definition) is 3. The lowest BCUT2D eigenvalue weighted by Crippen LogP contribution is -2.44. The molecule has 0 aromatic carbocycles. The van der Waals surface area contributed by atoms with Crippen molar-refractivity contribution in [2.45, 2.75) is 26.3 Å². The fraction of sp³-hybridized carbons (Fsp3) is 0.444. The summed E-state index contributed by atoms with van der Waals surface area (Å²) in [5.74, 6) is 0. The van der Waals surface area contributed by atoms with Gasteiger partial charge in [-0.2, -0.15) is 0 Å². The molecule has 76 valence electrons. The van der Waals surface area contributed by atoms with E-state index in [2.05, 4.69) is 4.98 Å². The molecule has 0 unspecified atom stereocenters. The van der Waals surface area contributed by atoms with Gasteiger partial charge in [0.05, 0.1) is 5.69 Å². The molecule has 5 nitrogen and oxygen atoms in total. The molecule has 14 heavy (non-hydrogen) atoms. The lowest BCUT2D eigenvalue weighted by atomic mass is 10.1. The summed E-state index contributed by atoms with van der Waals surface area (Å²) in [7, 11) is 0. The van der Waals surface area contributed by atoms with Crippen molar-refractivity contribution in [3.63, 3.8) is 0 Å². The highest BCUT2D eigenvalue weighted by molar-refractivity contribution is 5.71. The number of aldehydes is 1. The summed E-state index contributed by atoms with van der Waals surface area (Å²) in [6, 6.07) is 1.11. The summed E-state index contributed by atoms with van der Waals surface area (Å²) < 4.78 is 1.07. The molecule has 1 heterocycles. The van der Waals surface area contributed by atoms with Crippen LogP contribution in [0.4, 0.5) is 0 Å². The summed E-state index contributed by atoms with van der Waals surface area (Å²) in [5.41, 5.74) is -1.62. The van der Waals surface area contributed by atoms with Gasteiger partial charge in [0.25, 0.3) is 5.56 Å². The number of nitrogens with one attached hydrogen (secondary N) is 1. The second-order valence-corrected chi connectivity index (χ2v) is 3.99. The van der Waals surface area contributed by atoms with Gasteiger partial charge in [-0.1, -0.05) is 0 Å². The Morgan fingerprint density at radius 2 is 1.93 bits per heavy atom. The number of H-pyrrole nitrogens is 1. The molecule has 0 aliphatic rings. The second kappa shape index (κ2) is 3.25. The van der Waals surface area contributed by atoms with Crippen molar-refractivity contribution in [1.29, 1.82) is 0 Å². The quantitative estimate of drug-likeness (QED) is 0.648. The van der Waals surface area contributed by atoms with Crippen LogP contribution in [0.3, 0.4) is 0 Å². The van der Waals surface area contributed by atoms with Gasteiger partial charge >= 0.3 is 5.69 Å². The Bertz CT molecular complexity index is 431. The Morgan fingerprint density at radius 1 is 1.36 bits per heavy atom. The molecule has 0 saturated heterocycles. The summed E-state index contributed by atoms with van der Waals surface area (Å²) in [6.45, 7) is 5.22. The molecule has 0 atom stereocenters. The summed E-state index contributed by atoms with van der Waals surface area (Å²) in [5, 5.41) is 0. The first kappa shape index (κ1) is 10.4. The van der Waals surface area contributed by atoms with Crippen LogP contribution < -0.4 is 11.2 Å². The minimum atomic E-state index is -0.591. The fourth-order valence-electron chi connectivity index (χ4n) is 1.21. The third-order valence-corrected chi connectivity index (χ3v) is 1.75. The standard InChI is InChI=1S/C9H12N2O3/c1-9(2,3)11-7(13)4-6(5-12)10-8(11)14/h4-5H,1-3H3,(H,10,14). The van der Waals surface area contributed by atoms with Crippen molar-refractivity contribution in [3.8, 4) is 0 Å². The number of rotatable bonds is 1. The van der Waals surface area contributed by atoms with E-state index in [1.165, 1.54) is 0 Å². The van der Waals surface area contributed by atoms with Gasteiger partial charge in [0.2, 0.25) is 0 Å². The average Bonchev–Trinajstić information content (AvgIpc) is 1.99.